The first kappa shape index (κ1) is 21.0. The van der Waals surface area contributed by atoms with Crippen LogP contribution in [0.15, 0.2) is 54.6 Å². The number of nitrogens with zero attached hydrogens (tertiary/aromatic N) is 2. The van der Waals surface area contributed by atoms with E-state index in [1.165, 1.54) is 22.2 Å². The number of carboxylic acid groups (broad SMARTS) is 1. The van der Waals surface area contributed by atoms with E-state index in [2.05, 4.69) is 58.4 Å². The fourth-order valence-electron chi connectivity index (χ4n) is 4.42. The van der Waals surface area contributed by atoms with Gasteiger partial charge in [0.15, 0.2) is 0 Å². The van der Waals surface area contributed by atoms with E-state index in [-0.39, 0.29) is 12.5 Å². The summed E-state index contributed by atoms with van der Waals surface area (Å²) in [7, 11) is 0. The minimum absolute atomic E-state index is 0.0206. The number of carbonyl (C=O) groups excluding carboxylic acids is 1. The highest BCUT2D eigenvalue weighted by molar-refractivity contribution is 5.88. The van der Waals surface area contributed by atoms with E-state index in [9.17, 15) is 9.59 Å². The lowest BCUT2D eigenvalue weighted by atomic mass is 10.0. The Labute approximate surface area is 182 Å². The van der Waals surface area contributed by atoms with Crippen LogP contribution in [0.25, 0.3) is 16.6 Å². The van der Waals surface area contributed by atoms with Crippen LogP contribution in [-0.2, 0) is 17.8 Å². The van der Waals surface area contributed by atoms with Gasteiger partial charge in [0, 0.05) is 54.8 Å². The van der Waals surface area contributed by atoms with E-state index in [1.807, 2.05) is 11.0 Å². The molecule has 31 heavy (non-hydrogen) atoms. The molecule has 1 aromatic heterocycles. The summed E-state index contributed by atoms with van der Waals surface area (Å²) in [5.41, 5.74) is 4.85. The number of nitrogens with one attached hydrogen (secondary N) is 1. The van der Waals surface area contributed by atoms with Gasteiger partial charge in [-0.2, -0.15) is 0 Å². The van der Waals surface area contributed by atoms with E-state index >= 15 is 0 Å². The molecule has 6 nitrogen and oxygen atoms in total. The van der Waals surface area contributed by atoms with Gasteiger partial charge in [0.1, 0.15) is 0 Å². The van der Waals surface area contributed by atoms with Crippen molar-refractivity contribution in [2.45, 2.75) is 45.1 Å². The molecule has 0 unspecified atom stereocenters. The van der Waals surface area contributed by atoms with Crippen LogP contribution in [0.3, 0.4) is 0 Å². The van der Waals surface area contributed by atoms with Crippen LogP contribution >= 0.6 is 0 Å². The van der Waals surface area contributed by atoms with Crippen LogP contribution in [0.1, 0.15) is 43.4 Å². The molecule has 1 aliphatic heterocycles. The molecule has 0 saturated carbocycles. The van der Waals surface area contributed by atoms with Crippen LogP contribution in [0.4, 0.5) is 4.79 Å². The second-order valence-corrected chi connectivity index (χ2v) is 8.07. The fourth-order valence-corrected chi connectivity index (χ4v) is 4.42. The lowest BCUT2D eigenvalue weighted by Crippen LogP contribution is -2.43. The molecule has 2 heterocycles. The second-order valence-electron chi connectivity index (χ2n) is 8.07. The fraction of sp³-hybridized carbons (Fsp3) is 0.360. The average Bonchev–Trinajstić information content (AvgIpc) is 3.12. The molecule has 0 bridgehead atoms. The van der Waals surface area contributed by atoms with Crippen LogP contribution in [0, 0.1) is 0 Å². The zero-order valence-electron chi connectivity index (χ0n) is 17.7. The highest BCUT2D eigenvalue weighted by atomic mass is 16.4. The van der Waals surface area contributed by atoms with Crippen LogP contribution < -0.4 is 5.32 Å². The van der Waals surface area contributed by atoms with Crippen molar-refractivity contribution >= 4 is 22.9 Å². The van der Waals surface area contributed by atoms with Crippen molar-refractivity contribution in [3.8, 4) is 5.69 Å². The van der Waals surface area contributed by atoms with Gasteiger partial charge in [0.2, 0.25) is 0 Å². The Morgan fingerprint density at radius 2 is 1.68 bits per heavy atom. The molecule has 3 aromatic rings. The predicted molar refractivity (Wildman–Crippen MR) is 122 cm³/mol. The summed E-state index contributed by atoms with van der Waals surface area (Å²) >= 11 is 0. The number of aromatic nitrogens is 1. The normalized spacial score (nSPS) is 13.2. The monoisotopic (exact) mass is 419 g/mol. The van der Waals surface area contributed by atoms with Crippen LogP contribution in [-0.4, -0.2) is 39.7 Å². The largest absolute Gasteiger partial charge is 0.481 e. The van der Waals surface area contributed by atoms with Crippen LogP contribution in [0.2, 0.25) is 0 Å². The number of hydrogen-bond donors (Lipinski definition) is 2. The maximum Gasteiger partial charge on any atom is 0.317 e. The zero-order valence-corrected chi connectivity index (χ0v) is 17.7. The number of hydrogen-bond acceptors (Lipinski definition) is 2. The van der Waals surface area contributed by atoms with Crippen molar-refractivity contribution in [3.05, 3.63) is 65.9 Å². The summed E-state index contributed by atoms with van der Waals surface area (Å²) in [6, 6.07) is 18.8. The number of unbranched alkanes of at least 4 members (excludes halogenated alkanes) is 3. The number of benzene rings is 2. The zero-order chi connectivity index (χ0) is 21.6. The van der Waals surface area contributed by atoms with Crippen molar-refractivity contribution in [2.24, 2.45) is 0 Å². The van der Waals surface area contributed by atoms with E-state index in [0.29, 0.717) is 26.1 Å². The highest BCUT2D eigenvalue weighted by Crippen LogP contribution is 2.33. The molecule has 0 aliphatic carbocycles. The van der Waals surface area contributed by atoms with Gasteiger partial charge in [-0.1, -0.05) is 49.2 Å². The van der Waals surface area contributed by atoms with Gasteiger partial charge >= 0.3 is 12.0 Å². The number of amides is 2. The summed E-state index contributed by atoms with van der Waals surface area (Å²) in [5, 5.41) is 12.9. The van der Waals surface area contributed by atoms with Crippen molar-refractivity contribution in [2.75, 3.05) is 13.1 Å². The van der Waals surface area contributed by atoms with Gasteiger partial charge in [-0.25, -0.2) is 4.79 Å². The summed E-state index contributed by atoms with van der Waals surface area (Å²) in [5.74, 6) is -0.744. The van der Waals surface area contributed by atoms with Crippen molar-refractivity contribution in [3.63, 3.8) is 0 Å². The average molecular weight is 420 g/mol. The maximum absolute atomic E-state index is 12.7. The number of rotatable bonds is 8. The summed E-state index contributed by atoms with van der Waals surface area (Å²) in [4.78, 5) is 25.2. The molecule has 4 rings (SSSR count). The molecule has 162 valence electrons. The molecule has 2 amide bonds. The third kappa shape index (κ3) is 4.74. The van der Waals surface area contributed by atoms with Crippen LogP contribution in [0.5, 0.6) is 0 Å². The number of para-hydroxylation sites is 2. The summed E-state index contributed by atoms with van der Waals surface area (Å²) in [6.45, 7) is 1.93. The highest BCUT2D eigenvalue weighted by Gasteiger charge is 2.26. The Balaban J connectivity index is 1.41. The molecule has 0 atom stereocenters. The first-order valence-corrected chi connectivity index (χ1v) is 11.1. The van der Waals surface area contributed by atoms with Crippen molar-refractivity contribution < 1.29 is 14.7 Å². The van der Waals surface area contributed by atoms with Gasteiger partial charge < -0.3 is 19.9 Å². The number of carbonyl (C=O) groups is 2. The molecular weight excluding hydrogens is 390 g/mol. The second kappa shape index (κ2) is 9.69. The molecule has 1 aliphatic rings. The van der Waals surface area contributed by atoms with E-state index in [4.69, 9.17) is 5.11 Å². The first-order chi connectivity index (χ1) is 15.1. The van der Waals surface area contributed by atoms with Gasteiger partial charge in [0.05, 0.1) is 5.52 Å². The standard InChI is InChI=1S/C25H29N3O3/c29-24(30)14-6-1-2-9-16-26-25(31)27-17-15-23-21(18-27)20-12-7-8-13-22(20)28(23)19-10-4-3-5-11-19/h3-5,7-8,10-13H,1-2,6,9,14-18H2,(H,26,31)(H,29,30). The number of fused-ring (bicyclic) bond motifs is 3. The minimum atomic E-state index is -0.744. The molecule has 6 heteroatoms. The lowest BCUT2D eigenvalue weighted by Gasteiger charge is -2.28. The molecule has 2 N–H and O–H groups in total. The van der Waals surface area contributed by atoms with Gasteiger partial charge in [0.25, 0.3) is 0 Å². The molecule has 0 fully saturated rings. The predicted octanol–water partition coefficient (Wildman–Crippen LogP) is 4.73. The Bertz CT molecular complexity index is 1060. The van der Waals surface area contributed by atoms with E-state index in [1.54, 1.807) is 0 Å². The third-order valence-electron chi connectivity index (χ3n) is 5.95. The molecule has 2 aromatic carbocycles. The topological polar surface area (TPSA) is 74.6 Å². The maximum atomic E-state index is 12.7. The SMILES string of the molecule is O=C(O)CCCCCCNC(=O)N1CCc2c(c3ccccc3n2-c2ccccc2)C1. The Morgan fingerprint density at radius 1 is 0.935 bits per heavy atom. The third-order valence-corrected chi connectivity index (χ3v) is 5.95. The molecule has 0 spiro atoms. The van der Waals surface area contributed by atoms with E-state index in [0.717, 1.165) is 31.4 Å². The van der Waals surface area contributed by atoms with Gasteiger partial charge in [-0.15, -0.1) is 0 Å². The smallest absolute Gasteiger partial charge is 0.317 e. The van der Waals surface area contributed by atoms with E-state index < -0.39 is 5.97 Å². The van der Waals surface area contributed by atoms with Gasteiger partial charge in [-0.05, 0) is 31.0 Å². The first-order valence-electron chi connectivity index (χ1n) is 11.1. The van der Waals surface area contributed by atoms with Gasteiger partial charge in [-0.3, -0.25) is 4.79 Å². The molecule has 0 radical (unpaired) electrons. The lowest BCUT2D eigenvalue weighted by molar-refractivity contribution is -0.137. The number of aliphatic carboxylic acids is 1. The Morgan fingerprint density at radius 3 is 2.48 bits per heavy atom. The Hall–Kier alpha value is -3.28. The Kier molecular flexibility index (Phi) is 6.55. The van der Waals surface area contributed by atoms with Crippen molar-refractivity contribution in [1.82, 2.24) is 14.8 Å². The minimum Gasteiger partial charge on any atom is -0.481 e. The quantitative estimate of drug-likeness (QED) is 0.518. The summed E-state index contributed by atoms with van der Waals surface area (Å²) < 4.78 is 2.33. The van der Waals surface area contributed by atoms with Crippen molar-refractivity contribution in [1.29, 1.82) is 0 Å². The molecule has 0 saturated heterocycles. The molecular formula is C25H29N3O3. The number of urea groups is 1. The number of carboxylic acids is 1. The summed E-state index contributed by atoms with van der Waals surface area (Å²) in [6.07, 6.45) is 4.43.